The number of aromatic nitrogens is 2. The Balaban J connectivity index is 1.39. The number of anilines is 2. The van der Waals surface area contributed by atoms with Gasteiger partial charge in [0.1, 0.15) is 13.2 Å². The number of ether oxygens (including phenoxy) is 2. The van der Waals surface area contributed by atoms with Crippen LogP contribution in [0.2, 0.25) is 0 Å². The first-order valence-electron chi connectivity index (χ1n) is 8.48. The second-order valence-electron chi connectivity index (χ2n) is 6.35. The molecule has 0 bridgehead atoms. The molecule has 0 radical (unpaired) electrons. The predicted molar refractivity (Wildman–Crippen MR) is 98.1 cm³/mol. The number of nitrogens with one attached hydrogen (secondary N) is 2. The monoisotopic (exact) mass is 390 g/mol. The van der Waals surface area contributed by atoms with E-state index in [0.29, 0.717) is 42.8 Å². The largest absolute Gasteiger partial charge is 0.486 e. The molecule has 1 aromatic heterocycles. The van der Waals surface area contributed by atoms with Crippen LogP contribution in [0.5, 0.6) is 11.5 Å². The van der Waals surface area contributed by atoms with Crippen LogP contribution in [-0.4, -0.2) is 55.1 Å². The summed E-state index contributed by atoms with van der Waals surface area (Å²) in [5, 5.41) is 5.74. The Labute approximate surface area is 156 Å². The molecule has 0 spiro atoms. The number of rotatable bonds is 4. The van der Waals surface area contributed by atoms with Gasteiger partial charge in [0.2, 0.25) is 5.95 Å². The quantitative estimate of drug-likeness (QED) is 0.796. The van der Waals surface area contributed by atoms with Crippen LogP contribution >= 0.6 is 0 Å². The lowest BCUT2D eigenvalue weighted by molar-refractivity contribution is 0.102. The van der Waals surface area contributed by atoms with Crippen molar-refractivity contribution in [2.75, 3.05) is 35.4 Å². The van der Waals surface area contributed by atoms with Gasteiger partial charge in [-0.3, -0.25) is 4.79 Å². The fourth-order valence-electron chi connectivity index (χ4n) is 2.94. The maximum Gasteiger partial charge on any atom is 0.258 e. The summed E-state index contributed by atoms with van der Waals surface area (Å²) in [5.74, 6) is 1.41. The van der Waals surface area contributed by atoms with Crippen molar-refractivity contribution in [3.63, 3.8) is 0 Å². The van der Waals surface area contributed by atoms with Gasteiger partial charge in [0.05, 0.1) is 17.1 Å². The molecule has 1 unspecified atom stereocenters. The van der Waals surface area contributed by atoms with Gasteiger partial charge in [0, 0.05) is 30.2 Å². The second-order valence-corrected chi connectivity index (χ2v) is 8.58. The zero-order valence-corrected chi connectivity index (χ0v) is 15.2. The molecule has 1 amide bonds. The molecule has 9 nitrogen and oxygen atoms in total. The SMILES string of the molecule is O=C(Nc1ccc2c(c1)OCCO2)c1cnc(NC2CCS(=O)(=O)C2)nc1. The van der Waals surface area contributed by atoms with Crippen molar-refractivity contribution < 1.29 is 22.7 Å². The second kappa shape index (κ2) is 7.03. The lowest BCUT2D eigenvalue weighted by Gasteiger charge is -2.19. The number of fused-ring (bicyclic) bond motifs is 1. The number of carbonyl (C=O) groups is 1. The van der Waals surface area contributed by atoms with E-state index in [1.165, 1.54) is 12.4 Å². The molecule has 2 aromatic rings. The summed E-state index contributed by atoms with van der Waals surface area (Å²) >= 11 is 0. The number of amides is 1. The molecule has 1 saturated heterocycles. The lowest BCUT2D eigenvalue weighted by Crippen LogP contribution is -2.22. The summed E-state index contributed by atoms with van der Waals surface area (Å²) in [6, 6.07) is 4.96. The minimum absolute atomic E-state index is 0.0721. The Morgan fingerprint density at radius 1 is 1.11 bits per heavy atom. The molecule has 27 heavy (non-hydrogen) atoms. The normalized spacial score (nSPS) is 20.1. The highest BCUT2D eigenvalue weighted by molar-refractivity contribution is 7.91. The van der Waals surface area contributed by atoms with Gasteiger partial charge in [0.15, 0.2) is 21.3 Å². The first-order chi connectivity index (χ1) is 13.0. The average Bonchev–Trinajstić information content (AvgIpc) is 3.00. The maximum atomic E-state index is 12.4. The Kier molecular flexibility index (Phi) is 4.56. The highest BCUT2D eigenvalue weighted by atomic mass is 32.2. The van der Waals surface area contributed by atoms with Crippen molar-refractivity contribution in [3.8, 4) is 11.5 Å². The topological polar surface area (TPSA) is 120 Å². The smallest absolute Gasteiger partial charge is 0.258 e. The van der Waals surface area contributed by atoms with Gasteiger partial charge in [-0.25, -0.2) is 18.4 Å². The fraction of sp³-hybridized carbons (Fsp3) is 0.353. The summed E-state index contributed by atoms with van der Waals surface area (Å²) in [5.41, 5.74) is 0.858. The van der Waals surface area contributed by atoms with Gasteiger partial charge in [0.25, 0.3) is 5.91 Å². The van der Waals surface area contributed by atoms with Crippen LogP contribution in [0.4, 0.5) is 11.6 Å². The number of benzene rings is 1. The molecule has 0 saturated carbocycles. The van der Waals surface area contributed by atoms with E-state index < -0.39 is 9.84 Å². The lowest BCUT2D eigenvalue weighted by atomic mass is 10.2. The van der Waals surface area contributed by atoms with Crippen LogP contribution in [0.25, 0.3) is 0 Å². The molecule has 1 atom stereocenters. The zero-order chi connectivity index (χ0) is 18.9. The standard InChI is InChI=1S/C17H18N4O5S/c22-16(20-12-1-2-14-15(7-12)26-5-4-25-14)11-8-18-17(19-9-11)21-13-3-6-27(23,24)10-13/h1-2,7-9,13H,3-6,10H2,(H,20,22)(H,18,19,21). The van der Waals surface area contributed by atoms with Crippen molar-refractivity contribution in [2.24, 2.45) is 0 Å². The zero-order valence-electron chi connectivity index (χ0n) is 14.3. The third-order valence-electron chi connectivity index (χ3n) is 4.28. The molecule has 3 heterocycles. The molecule has 10 heteroatoms. The molecule has 0 aliphatic carbocycles. The summed E-state index contributed by atoms with van der Waals surface area (Å²) in [6.07, 6.45) is 3.32. The molecule has 2 aliphatic rings. The van der Waals surface area contributed by atoms with Crippen LogP contribution in [0, 0.1) is 0 Å². The third kappa shape index (κ3) is 4.11. The van der Waals surface area contributed by atoms with Crippen molar-refractivity contribution in [1.29, 1.82) is 0 Å². The number of sulfone groups is 1. The van der Waals surface area contributed by atoms with Crippen LogP contribution < -0.4 is 20.1 Å². The van der Waals surface area contributed by atoms with E-state index in [2.05, 4.69) is 20.6 Å². The molecule has 2 N–H and O–H groups in total. The number of hydrogen-bond donors (Lipinski definition) is 2. The summed E-state index contributed by atoms with van der Waals surface area (Å²) in [7, 11) is -2.98. The van der Waals surface area contributed by atoms with Crippen molar-refractivity contribution in [1.82, 2.24) is 9.97 Å². The highest BCUT2D eigenvalue weighted by Gasteiger charge is 2.28. The van der Waals surface area contributed by atoms with Gasteiger partial charge >= 0.3 is 0 Å². The van der Waals surface area contributed by atoms with Gasteiger partial charge < -0.3 is 20.1 Å². The summed E-state index contributed by atoms with van der Waals surface area (Å²) in [6.45, 7) is 0.970. The van der Waals surface area contributed by atoms with E-state index in [1.807, 2.05) is 0 Å². The minimum atomic E-state index is -2.98. The van der Waals surface area contributed by atoms with Crippen LogP contribution in [0.15, 0.2) is 30.6 Å². The van der Waals surface area contributed by atoms with Crippen LogP contribution in [0.1, 0.15) is 16.8 Å². The molecule has 1 aromatic carbocycles. The minimum Gasteiger partial charge on any atom is -0.486 e. The number of hydrogen-bond acceptors (Lipinski definition) is 8. The highest BCUT2D eigenvalue weighted by Crippen LogP contribution is 2.32. The Hall–Kier alpha value is -2.88. The van der Waals surface area contributed by atoms with Gasteiger partial charge in [-0.1, -0.05) is 0 Å². The molecule has 1 fully saturated rings. The summed E-state index contributed by atoms with van der Waals surface area (Å²) < 4.78 is 33.9. The molecular formula is C17H18N4O5S. The number of nitrogens with zero attached hydrogens (tertiary/aromatic N) is 2. The Morgan fingerprint density at radius 2 is 1.85 bits per heavy atom. The van der Waals surface area contributed by atoms with E-state index in [0.717, 1.165) is 0 Å². The first kappa shape index (κ1) is 17.5. The summed E-state index contributed by atoms with van der Waals surface area (Å²) in [4.78, 5) is 20.6. The van der Waals surface area contributed by atoms with Crippen LogP contribution in [0.3, 0.4) is 0 Å². The van der Waals surface area contributed by atoms with Crippen molar-refractivity contribution in [3.05, 3.63) is 36.2 Å². The van der Waals surface area contributed by atoms with Crippen molar-refractivity contribution >= 4 is 27.4 Å². The average molecular weight is 390 g/mol. The van der Waals surface area contributed by atoms with Gasteiger partial charge in [-0.05, 0) is 18.6 Å². The van der Waals surface area contributed by atoms with E-state index in [-0.39, 0.29) is 29.0 Å². The number of carbonyl (C=O) groups excluding carboxylic acids is 1. The van der Waals surface area contributed by atoms with E-state index in [9.17, 15) is 13.2 Å². The molecule has 4 rings (SSSR count). The third-order valence-corrected chi connectivity index (χ3v) is 6.05. The van der Waals surface area contributed by atoms with E-state index in [4.69, 9.17) is 9.47 Å². The Bertz CT molecular complexity index is 962. The maximum absolute atomic E-state index is 12.4. The van der Waals surface area contributed by atoms with Gasteiger partial charge in [-0.15, -0.1) is 0 Å². The van der Waals surface area contributed by atoms with Crippen molar-refractivity contribution in [2.45, 2.75) is 12.5 Å². The van der Waals surface area contributed by atoms with Crippen LogP contribution in [-0.2, 0) is 9.84 Å². The molecule has 2 aliphatic heterocycles. The fourth-order valence-corrected chi connectivity index (χ4v) is 4.61. The Morgan fingerprint density at radius 3 is 2.56 bits per heavy atom. The first-order valence-corrected chi connectivity index (χ1v) is 10.3. The molecule has 142 valence electrons. The van der Waals surface area contributed by atoms with E-state index >= 15 is 0 Å². The van der Waals surface area contributed by atoms with E-state index in [1.54, 1.807) is 18.2 Å². The van der Waals surface area contributed by atoms with Gasteiger partial charge in [-0.2, -0.15) is 0 Å². The molecular weight excluding hydrogens is 372 g/mol. The predicted octanol–water partition coefficient (Wildman–Crippen LogP) is 1.10.